The summed E-state index contributed by atoms with van der Waals surface area (Å²) < 4.78 is 7.93. The first-order chi connectivity index (χ1) is 8.85. The molecule has 18 heavy (non-hydrogen) atoms. The Morgan fingerprint density at radius 1 is 1.22 bits per heavy atom. The van der Waals surface area contributed by atoms with Gasteiger partial charge in [-0.1, -0.05) is 13.8 Å². The fourth-order valence-corrected chi connectivity index (χ4v) is 2.06. The smallest absolute Gasteiger partial charge is 0.120 e. The van der Waals surface area contributed by atoms with Gasteiger partial charge in [0.2, 0.25) is 0 Å². The maximum Gasteiger partial charge on any atom is 0.120 e. The molecule has 0 spiro atoms. The lowest BCUT2D eigenvalue weighted by Gasteiger charge is -2.07. The minimum atomic E-state index is 0.784. The van der Waals surface area contributed by atoms with E-state index in [1.165, 1.54) is 10.9 Å². The summed E-state index contributed by atoms with van der Waals surface area (Å²) in [6.07, 6.45) is 3.19. The van der Waals surface area contributed by atoms with Crippen LogP contribution in [0.1, 0.15) is 20.3 Å². The van der Waals surface area contributed by atoms with Gasteiger partial charge in [0.15, 0.2) is 0 Å². The normalized spacial score (nSPS) is 11.0. The molecule has 0 saturated carbocycles. The van der Waals surface area contributed by atoms with Crippen molar-refractivity contribution in [1.82, 2.24) is 9.88 Å². The summed E-state index contributed by atoms with van der Waals surface area (Å²) in [6.45, 7) is 8.07. The standard InChI is InChI=1S/C15H22N2O/c1-3-11-18-14-5-6-15-13(12-14)7-9-17(15)10-8-16-4-2/h5-7,9,12,16H,3-4,8,10-11H2,1-2H3. The number of aromatic nitrogens is 1. The third-order valence-corrected chi connectivity index (χ3v) is 2.99. The third kappa shape index (κ3) is 3.05. The molecule has 0 bridgehead atoms. The molecule has 3 heteroatoms. The van der Waals surface area contributed by atoms with Crippen LogP contribution in [0.3, 0.4) is 0 Å². The summed E-state index contributed by atoms with van der Waals surface area (Å²) in [5.41, 5.74) is 1.27. The second kappa shape index (κ2) is 6.45. The largest absolute Gasteiger partial charge is 0.494 e. The first kappa shape index (κ1) is 13.0. The quantitative estimate of drug-likeness (QED) is 0.760. The molecule has 98 valence electrons. The number of benzene rings is 1. The van der Waals surface area contributed by atoms with E-state index < -0.39 is 0 Å². The zero-order valence-electron chi connectivity index (χ0n) is 11.3. The van der Waals surface area contributed by atoms with Crippen molar-refractivity contribution in [2.24, 2.45) is 0 Å². The number of hydrogen-bond acceptors (Lipinski definition) is 2. The van der Waals surface area contributed by atoms with Crippen LogP contribution in [0.15, 0.2) is 30.5 Å². The average molecular weight is 246 g/mol. The zero-order chi connectivity index (χ0) is 12.8. The number of rotatable bonds is 7. The highest BCUT2D eigenvalue weighted by Crippen LogP contribution is 2.22. The van der Waals surface area contributed by atoms with Crippen LogP contribution in [0.4, 0.5) is 0 Å². The van der Waals surface area contributed by atoms with Crippen LogP contribution in [0, 0.1) is 0 Å². The van der Waals surface area contributed by atoms with E-state index in [2.05, 4.69) is 54.2 Å². The van der Waals surface area contributed by atoms with Crippen LogP contribution < -0.4 is 10.1 Å². The maximum atomic E-state index is 5.65. The number of hydrogen-bond donors (Lipinski definition) is 1. The van der Waals surface area contributed by atoms with E-state index in [1.807, 2.05) is 0 Å². The Balaban J connectivity index is 2.10. The van der Waals surface area contributed by atoms with Crippen LogP contribution in [0.5, 0.6) is 5.75 Å². The predicted octanol–water partition coefficient (Wildman–Crippen LogP) is 3.04. The van der Waals surface area contributed by atoms with Gasteiger partial charge in [0.1, 0.15) is 5.75 Å². The molecule has 0 saturated heterocycles. The number of nitrogens with one attached hydrogen (secondary N) is 1. The summed E-state index contributed by atoms with van der Waals surface area (Å²) in [4.78, 5) is 0. The summed E-state index contributed by atoms with van der Waals surface area (Å²) >= 11 is 0. The van der Waals surface area contributed by atoms with Gasteiger partial charge in [-0.25, -0.2) is 0 Å². The molecular formula is C15H22N2O. The average Bonchev–Trinajstić information content (AvgIpc) is 2.79. The van der Waals surface area contributed by atoms with Gasteiger partial charge in [0.25, 0.3) is 0 Å². The lowest BCUT2D eigenvalue weighted by atomic mass is 10.2. The van der Waals surface area contributed by atoms with Crippen molar-refractivity contribution in [3.05, 3.63) is 30.5 Å². The number of ether oxygens (including phenoxy) is 1. The molecule has 0 radical (unpaired) electrons. The Labute approximate surface area is 109 Å². The molecule has 1 aromatic carbocycles. The molecule has 0 aliphatic carbocycles. The molecule has 2 rings (SSSR count). The number of fused-ring (bicyclic) bond motifs is 1. The molecule has 3 nitrogen and oxygen atoms in total. The van der Waals surface area contributed by atoms with E-state index in [0.29, 0.717) is 0 Å². The Morgan fingerprint density at radius 2 is 2.11 bits per heavy atom. The lowest BCUT2D eigenvalue weighted by Crippen LogP contribution is -2.18. The van der Waals surface area contributed by atoms with E-state index in [9.17, 15) is 0 Å². The van der Waals surface area contributed by atoms with Gasteiger partial charge in [-0.05, 0) is 37.2 Å². The van der Waals surface area contributed by atoms with Gasteiger partial charge in [-0.3, -0.25) is 0 Å². The highest BCUT2D eigenvalue weighted by molar-refractivity contribution is 5.81. The van der Waals surface area contributed by atoms with Crippen molar-refractivity contribution in [2.45, 2.75) is 26.8 Å². The summed E-state index contributed by atoms with van der Waals surface area (Å²) in [5.74, 6) is 0.966. The molecule has 0 amide bonds. The fourth-order valence-electron chi connectivity index (χ4n) is 2.06. The monoisotopic (exact) mass is 246 g/mol. The van der Waals surface area contributed by atoms with Crippen LogP contribution in [0.2, 0.25) is 0 Å². The van der Waals surface area contributed by atoms with Crippen LogP contribution >= 0.6 is 0 Å². The molecule has 0 fully saturated rings. The predicted molar refractivity (Wildman–Crippen MR) is 76.3 cm³/mol. The minimum Gasteiger partial charge on any atom is -0.494 e. The van der Waals surface area contributed by atoms with Gasteiger partial charge in [0.05, 0.1) is 6.61 Å². The van der Waals surface area contributed by atoms with E-state index in [0.717, 1.165) is 38.4 Å². The highest BCUT2D eigenvalue weighted by atomic mass is 16.5. The van der Waals surface area contributed by atoms with Crippen molar-refractivity contribution >= 4 is 10.9 Å². The van der Waals surface area contributed by atoms with E-state index in [4.69, 9.17) is 4.74 Å². The topological polar surface area (TPSA) is 26.2 Å². The van der Waals surface area contributed by atoms with Gasteiger partial charge in [0, 0.05) is 30.2 Å². The zero-order valence-corrected chi connectivity index (χ0v) is 11.3. The van der Waals surface area contributed by atoms with Crippen molar-refractivity contribution < 1.29 is 4.74 Å². The van der Waals surface area contributed by atoms with Gasteiger partial charge >= 0.3 is 0 Å². The summed E-state index contributed by atoms with van der Waals surface area (Å²) in [6, 6.07) is 8.48. The molecule has 1 aromatic heterocycles. The molecular weight excluding hydrogens is 224 g/mol. The first-order valence-corrected chi connectivity index (χ1v) is 6.77. The molecule has 0 atom stereocenters. The number of likely N-dealkylation sites (N-methyl/N-ethyl adjacent to an activating group) is 1. The SMILES string of the molecule is CCCOc1ccc2c(ccn2CCNCC)c1. The molecule has 0 aliphatic heterocycles. The van der Waals surface area contributed by atoms with Crippen molar-refractivity contribution in [1.29, 1.82) is 0 Å². The number of nitrogens with zero attached hydrogens (tertiary/aromatic N) is 1. The Kier molecular flexibility index (Phi) is 4.65. The van der Waals surface area contributed by atoms with E-state index >= 15 is 0 Å². The fraction of sp³-hybridized carbons (Fsp3) is 0.467. The third-order valence-electron chi connectivity index (χ3n) is 2.99. The van der Waals surface area contributed by atoms with Crippen molar-refractivity contribution in [3.63, 3.8) is 0 Å². The minimum absolute atomic E-state index is 0.784. The van der Waals surface area contributed by atoms with Crippen LogP contribution in [0.25, 0.3) is 10.9 Å². The molecule has 2 aromatic rings. The van der Waals surface area contributed by atoms with Gasteiger partial charge < -0.3 is 14.6 Å². The van der Waals surface area contributed by atoms with Gasteiger partial charge in [-0.2, -0.15) is 0 Å². The van der Waals surface area contributed by atoms with Crippen molar-refractivity contribution in [3.8, 4) is 5.75 Å². The Hall–Kier alpha value is -1.48. The molecule has 0 unspecified atom stereocenters. The molecule has 0 aliphatic rings. The second-order valence-corrected chi connectivity index (χ2v) is 4.43. The first-order valence-electron chi connectivity index (χ1n) is 6.77. The summed E-state index contributed by atoms with van der Waals surface area (Å²) in [5, 5.41) is 4.60. The van der Waals surface area contributed by atoms with Crippen LogP contribution in [-0.4, -0.2) is 24.3 Å². The maximum absolute atomic E-state index is 5.65. The Morgan fingerprint density at radius 3 is 2.89 bits per heavy atom. The Bertz CT molecular complexity index is 490. The van der Waals surface area contributed by atoms with Crippen LogP contribution in [-0.2, 0) is 6.54 Å². The van der Waals surface area contributed by atoms with E-state index in [-0.39, 0.29) is 0 Å². The summed E-state index contributed by atoms with van der Waals surface area (Å²) in [7, 11) is 0. The van der Waals surface area contributed by atoms with Crippen molar-refractivity contribution in [2.75, 3.05) is 19.7 Å². The van der Waals surface area contributed by atoms with E-state index in [1.54, 1.807) is 0 Å². The second-order valence-electron chi connectivity index (χ2n) is 4.43. The molecule has 1 N–H and O–H groups in total. The lowest BCUT2D eigenvalue weighted by molar-refractivity contribution is 0.318. The molecule has 1 heterocycles. The highest BCUT2D eigenvalue weighted by Gasteiger charge is 2.02. The van der Waals surface area contributed by atoms with Gasteiger partial charge in [-0.15, -0.1) is 0 Å².